The lowest BCUT2D eigenvalue weighted by atomic mass is 10.1. The van der Waals surface area contributed by atoms with Gasteiger partial charge >= 0.3 is 31.3 Å². The van der Waals surface area contributed by atoms with Crippen LogP contribution in [0.25, 0.3) is 0 Å². The second-order valence-corrected chi connectivity index (χ2v) is 10.3. The van der Waals surface area contributed by atoms with Gasteiger partial charge in [-0.3, -0.25) is 9.05 Å². The first kappa shape index (κ1) is 24.8. The topological polar surface area (TPSA) is 227 Å². The SMILES string of the molecule is O=P(O)(O)OP(=O)(O)OC(CCc1ccccc1)OP(=O)(O)OP(=O)(O)O. The minimum Gasteiger partial charge on any atom is -0.302 e. The first-order valence-electron chi connectivity index (χ1n) is 6.67. The van der Waals surface area contributed by atoms with Crippen molar-refractivity contribution >= 4 is 31.3 Å². The van der Waals surface area contributed by atoms with Crippen LogP contribution in [0.1, 0.15) is 12.0 Å². The van der Waals surface area contributed by atoms with Gasteiger partial charge in [-0.05, 0) is 12.0 Å². The Morgan fingerprint density at radius 1 is 0.741 bits per heavy atom. The van der Waals surface area contributed by atoms with E-state index in [0.29, 0.717) is 5.56 Å². The van der Waals surface area contributed by atoms with E-state index in [0.717, 1.165) is 0 Å². The third-order valence-electron chi connectivity index (χ3n) is 2.43. The Hall–Kier alpha value is -0.260. The summed E-state index contributed by atoms with van der Waals surface area (Å²) in [5.41, 5.74) is 0.599. The molecule has 2 unspecified atom stereocenters. The number of hydrogen-bond donors (Lipinski definition) is 6. The molecule has 6 N–H and O–H groups in total. The first-order valence-corrected chi connectivity index (χ1v) is 12.7. The minimum absolute atomic E-state index is 0.00265. The average molecular weight is 472 g/mol. The standard InChI is InChI=1S/C9H16O14P4/c10-24(11,12)22-26(16,17)20-9(7-6-8-4-2-1-3-5-8)21-27(18,19)23-25(13,14)15/h1-5,9H,6-7H2,(H,16,17)(H,18,19)(H2,10,11,12)(H2,13,14,15). The molecule has 1 aromatic rings. The Balaban J connectivity index is 2.94. The van der Waals surface area contributed by atoms with Crippen molar-refractivity contribution in [1.82, 2.24) is 0 Å². The van der Waals surface area contributed by atoms with Crippen LogP contribution >= 0.6 is 31.3 Å². The van der Waals surface area contributed by atoms with Crippen LogP contribution in [0.5, 0.6) is 0 Å². The fourth-order valence-corrected chi connectivity index (χ4v) is 5.08. The highest BCUT2D eigenvalue weighted by atomic mass is 31.3. The van der Waals surface area contributed by atoms with Gasteiger partial charge in [-0.25, -0.2) is 18.3 Å². The highest BCUT2D eigenvalue weighted by molar-refractivity contribution is 7.61. The van der Waals surface area contributed by atoms with Crippen molar-refractivity contribution < 1.29 is 65.3 Å². The molecule has 0 fully saturated rings. The largest absolute Gasteiger partial charge is 0.483 e. The summed E-state index contributed by atoms with van der Waals surface area (Å²) in [6.07, 6.45) is -2.64. The zero-order chi connectivity index (χ0) is 20.9. The van der Waals surface area contributed by atoms with Crippen molar-refractivity contribution in [3.05, 3.63) is 35.9 Å². The summed E-state index contributed by atoms with van der Waals surface area (Å²) in [6.45, 7) is 0. The maximum absolute atomic E-state index is 11.6. The van der Waals surface area contributed by atoms with E-state index in [1.54, 1.807) is 30.3 Å². The Morgan fingerprint density at radius 2 is 1.15 bits per heavy atom. The molecule has 0 bridgehead atoms. The van der Waals surface area contributed by atoms with Gasteiger partial charge in [0.2, 0.25) is 0 Å². The Morgan fingerprint density at radius 3 is 1.52 bits per heavy atom. The summed E-state index contributed by atoms with van der Waals surface area (Å²) in [6, 6.07) is 8.15. The number of benzene rings is 1. The molecule has 1 rings (SSSR count). The third kappa shape index (κ3) is 12.0. The molecule has 0 saturated heterocycles. The summed E-state index contributed by atoms with van der Waals surface area (Å²) in [5.74, 6) is 0. The van der Waals surface area contributed by atoms with Gasteiger partial charge in [0.25, 0.3) is 0 Å². The fourth-order valence-electron chi connectivity index (χ4n) is 1.66. The summed E-state index contributed by atoms with van der Waals surface area (Å²) >= 11 is 0. The Labute approximate surface area is 152 Å². The average Bonchev–Trinajstić information content (AvgIpc) is 2.39. The Kier molecular flexibility index (Phi) is 8.71. The third-order valence-corrected chi connectivity index (χ3v) is 6.79. The molecule has 0 saturated carbocycles. The van der Waals surface area contributed by atoms with Gasteiger partial charge in [0.05, 0.1) is 0 Å². The molecule has 0 radical (unpaired) electrons. The summed E-state index contributed by atoms with van der Waals surface area (Å²) in [4.78, 5) is 52.9. The lowest BCUT2D eigenvalue weighted by Gasteiger charge is -2.22. The van der Waals surface area contributed by atoms with E-state index in [2.05, 4.69) is 17.7 Å². The van der Waals surface area contributed by atoms with Crippen LogP contribution in [0.3, 0.4) is 0 Å². The molecule has 18 heteroatoms. The van der Waals surface area contributed by atoms with Crippen LogP contribution in [0, 0.1) is 0 Å². The van der Waals surface area contributed by atoms with Crippen LogP contribution in [-0.2, 0) is 42.3 Å². The molecule has 0 aromatic heterocycles. The maximum Gasteiger partial charge on any atom is 0.483 e. The number of phosphoric ester groups is 2. The molecular weight excluding hydrogens is 456 g/mol. The van der Waals surface area contributed by atoms with Gasteiger partial charge < -0.3 is 29.4 Å². The fraction of sp³-hybridized carbons (Fsp3) is 0.333. The van der Waals surface area contributed by atoms with Crippen molar-refractivity contribution in [3.63, 3.8) is 0 Å². The second-order valence-electron chi connectivity index (χ2n) is 4.75. The van der Waals surface area contributed by atoms with Crippen LogP contribution in [-0.4, -0.2) is 35.7 Å². The van der Waals surface area contributed by atoms with E-state index in [4.69, 9.17) is 19.6 Å². The van der Waals surface area contributed by atoms with Crippen molar-refractivity contribution in [2.45, 2.75) is 19.1 Å². The highest BCUT2D eigenvalue weighted by Crippen LogP contribution is 2.62. The maximum atomic E-state index is 11.6. The quantitative estimate of drug-likeness (QED) is 0.198. The normalized spacial score (nSPS) is 18.4. The molecule has 0 heterocycles. The van der Waals surface area contributed by atoms with Crippen LogP contribution in [0.2, 0.25) is 0 Å². The molecule has 0 aliphatic heterocycles. The lowest BCUT2D eigenvalue weighted by Crippen LogP contribution is -2.17. The molecule has 0 amide bonds. The van der Waals surface area contributed by atoms with E-state index in [1.807, 2.05) is 0 Å². The minimum atomic E-state index is -5.50. The second kappa shape index (κ2) is 9.49. The zero-order valence-electron chi connectivity index (χ0n) is 13.1. The van der Waals surface area contributed by atoms with E-state index in [-0.39, 0.29) is 6.42 Å². The number of aryl methyl sites for hydroxylation is 1. The van der Waals surface area contributed by atoms with E-state index in [9.17, 15) is 28.0 Å². The number of rotatable bonds is 11. The smallest absolute Gasteiger partial charge is 0.302 e. The van der Waals surface area contributed by atoms with Crippen LogP contribution in [0.15, 0.2) is 30.3 Å². The predicted molar refractivity (Wildman–Crippen MR) is 86.6 cm³/mol. The molecule has 27 heavy (non-hydrogen) atoms. The molecule has 14 nitrogen and oxygen atoms in total. The van der Waals surface area contributed by atoms with E-state index < -0.39 is 44.0 Å². The van der Waals surface area contributed by atoms with E-state index >= 15 is 0 Å². The summed E-state index contributed by atoms with van der Waals surface area (Å²) < 4.78 is 60.2. The van der Waals surface area contributed by atoms with Gasteiger partial charge in [0, 0.05) is 6.42 Å². The monoisotopic (exact) mass is 472 g/mol. The number of phosphoric acid groups is 4. The highest BCUT2D eigenvalue weighted by Gasteiger charge is 2.40. The summed E-state index contributed by atoms with van der Waals surface area (Å²) in [5, 5.41) is 0. The molecular formula is C9H16O14P4. The predicted octanol–water partition coefficient (Wildman–Crippen LogP) is 1.40. The molecule has 0 aliphatic carbocycles. The number of hydrogen-bond acceptors (Lipinski definition) is 8. The molecule has 156 valence electrons. The lowest BCUT2D eigenvalue weighted by molar-refractivity contribution is -0.0367. The molecule has 2 atom stereocenters. The van der Waals surface area contributed by atoms with Gasteiger partial charge in [-0.2, -0.15) is 8.62 Å². The van der Waals surface area contributed by atoms with Crippen molar-refractivity contribution in [3.8, 4) is 0 Å². The van der Waals surface area contributed by atoms with Crippen molar-refractivity contribution in [2.75, 3.05) is 0 Å². The molecule has 0 aliphatic rings. The van der Waals surface area contributed by atoms with Crippen molar-refractivity contribution in [1.29, 1.82) is 0 Å². The molecule has 0 spiro atoms. The van der Waals surface area contributed by atoms with E-state index in [1.165, 1.54) is 0 Å². The van der Waals surface area contributed by atoms with Gasteiger partial charge in [-0.15, -0.1) is 0 Å². The van der Waals surface area contributed by atoms with Gasteiger partial charge in [0.1, 0.15) is 0 Å². The first-order chi connectivity index (χ1) is 12.1. The van der Waals surface area contributed by atoms with Crippen LogP contribution < -0.4 is 0 Å². The van der Waals surface area contributed by atoms with Gasteiger partial charge in [0.15, 0.2) is 6.29 Å². The van der Waals surface area contributed by atoms with Crippen LogP contribution in [0.4, 0.5) is 0 Å². The van der Waals surface area contributed by atoms with Gasteiger partial charge in [-0.1, -0.05) is 30.3 Å². The Bertz CT molecular complexity index is 752. The summed E-state index contributed by atoms with van der Waals surface area (Å²) in [7, 11) is -22.0. The zero-order valence-corrected chi connectivity index (χ0v) is 16.7. The molecule has 1 aromatic carbocycles. The van der Waals surface area contributed by atoms with Crippen molar-refractivity contribution in [2.24, 2.45) is 0 Å².